The minimum absolute atomic E-state index is 0.471. The molecular weight excluding hydrogens is 212 g/mol. The van der Waals surface area contributed by atoms with Crippen molar-refractivity contribution >= 4 is 0 Å². The van der Waals surface area contributed by atoms with E-state index in [0.717, 1.165) is 28.3 Å². The van der Waals surface area contributed by atoms with E-state index in [9.17, 15) is 0 Å². The molecule has 2 heterocycles. The monoisotopic (exact) mass is 228 g/mol. The zero-order valence-corrected chi connectivity index (χ0v) is 10.4. The molecule has 0 bridgehead atoms. The van der Waals surface area contributed by atoms with Crippen LogP contribution >= 0.6 is 0 Å². The molecule has 0 aliphatic carbocycles. The lowest BCUT2D eigenvalue weighted by Crippen LogP contribution is -2.07. The molecule has 2 rings (SSSR count). The average molecular weight is 228 g/mol. The minimum Gasteiger partial charge on any atom is -0.326 e. The van der Waals surface area contributed by atoms with Gasteiger partial charge in [-0.2, -0.15) is 0 Å². The molecule has 2 aromatic rings. The van der Waals surface area contributed by atoms with Crippen molar-refractivity contribution in [2.75, 3.05) is 0 Å². The highest BCUT2D eigenvalue weighted by atomic mass is 14.9. The lowest BCUT2D eigenvalue weighted by atomic mass is 10.1. The molecule has 0 aliphatic rings. The maximum atomic E-state index is 5.67. The third-order valence-corrected chi connectivity index (χ3v) is 2.74. The highest BCUT2D eigenvalue weighted by Gasteiger charge is 2.09. The SMILES string of the molecule is Cc1cccc(-c2nc(C)c(CN)c(C)n2)n1. The predicted octanol–water partition coefficient (Wildman–Crippen LogP) is 1.92. The van der Waals surface area contributed by atoms with Crippen molar-refractivity contribution in [1.82, 2.24) is 15.0 Å². The number of hydrogen-bond acceptors (Lipinski definition) is 4. The summed E-state index contributed by atoms with van der Waals surface area (Å²) < 4.78 is 0. The molecule has 0 saturated carbocycles. The van der Waals surface area contributed by atoms with E-state index < -0.39 is 0 Å². The lowest BCUT2D eigenvalue weighted by Gasteiger charge is -2.08. The van der Waals surface area contributed by atoms with Crippen LogP contribution in [-0.2, 0) is 6.54 Å². The fourth-order valence-corrected chi connectivity index (χ4v) is 1.82. The second-order valence-electron chi connectivity index (χ2n) is 4.06. The number of nitrogens with two attached hydrogens (primary N) is 1. The number of pyridine rings is 1. The van der Waals surface area contributed by atoms with Crippen LogP contribution in [0.2, 0.25) is 0 Å². The Labute approximate surface area is 101 Å². The second-order valence-corrected chi connectivity index (χ2v) is 4.06. The number of rotatable bonds is 2. The molecule has 0 spiro atoms. The topological polar surface area (TPSA) is 64.7 Å². The summed E-state index contributed by atoms with van der Waals surface area (Å²) in [5, 5.41) is 0. The van der Waals surface area contributed by atoms with Crippen LogP contribution in [0.1, 0.15) is 22.6 Å². The fraction of sp³-hybridized carbons (Fsp3) is 0.308. The summed E-state index contributed by atoms with van der Waals surface area (Å²) in [6.07, 6.45) is 0. The molecule has 4 heteroatoms. The van der Waals surface area contributed by atoms with Crippen molar-refractivity contribution in [3.63, 3.8) is 0 Å². The minimum atomic E-state index is 0.471. The highest BCUT2D eigenvalue weighted by Crippen LogP contribution is 2.16. The van der Waals surface area contributed by atoms with E-state index in [-0.39, 0.29) is 0 Å². The van der Waals surface area contributed by atoms with Gasteiger partial charge in [0.15, 0.2) is 5.82 Å². The molecule has 0 aromatic carbocycles. The number of hydrogen-bond donors (Lipinski definition) is 1. The van der Waals surface area contributed by atoms with Gasteiger partial charge in [-0.25, -0.2) is 15.0 Å². The Bertz CT molecular complexity index is 526. The summed E-state index contributed by atoms with van der Waals surface area (Å²) >= 11 is 0. The first-order valence-corrected chi connectivity index (χ1v) is 5.60. The van der Waals surface area contributed by atoms with E-state index in [1.54, 1.807) is 0 Å². The van der Waals surface area contributed by atoms with Gasteiger partial charge in [0.1, 0.15) is 5.69 Å². The van der Waals surface area contributed by atoms with E-state index in [4.69, 9.17) is 5.73 Å². The van der Waals surface area contributed by atoms with Crippen LogP contribution in [0.25, 0.3) is 11.5 Å². The van der Waals surface area contributed by atoms with Crippen LogP contribution < -0.4 is 5.73 Å². The van der Waals surface area contributed by atoms with Crippen LogP contribution in [0, 0.1) is 20.8 Å². The first-order chi connectivity index (χ1) is 8.11. The maximum Gasteiger partial charge on any atom is 0.178 e. The van der Waals surface area contributed by atoms with Crippen LogP contribution in [0.3, 0.4) is 0 Å². The Morgan fingerprint density at radius 1 is 1.00 bits per heavy atom. The first kappa shape index (κ1) is 11.7. The highest BCUT2D eigenvalue weighted by molar-refractivity contribution is 5.50. The van der Waals surface area contributed by atoms with Gasteiger partial charge >= 0.3 is 0 Å². The molecule has 0 fully saturated rings. The van der Waals surface area contributed by atoms with E-state index in [0.29, 0.717) is 12.4 Å². The van der Waals surface area contributed by atoms with E-state index >= 15 is 0 Å². The molecule has 0 amide bonds. The van der Waals surface area contributed by atoms with E-state index in [1.807, 2.05) is 39.0 Å². The number of aryl methyl sites for hydroxylation is 3. The van der Waals surface area contributed by atoms with Crippen LogP contribution in [0.15, 0.2) is 18.2 Å². The Kier molecular flexibility index (Phi) is 3.15. The molecule has 0 unspecified atom stereocenters. The fourth-order valence-electron chi connectivity index (χ4n) is 1.82. The summed E-state index contributed by atoms with van der Waals surface area (Å²) in [6.45, 7) is 6.34. The van der Waals surface area contributed by atoms with E-state index in [2.05, 4.69) is 15.0 Å². The Morgan fingerprint density at radius 2 is 1.65 bits per heavy atom. The van der Waals surface area contributed by atoms with Crippen molar-refractivity contribution in [2.45, 2.75) is 27.3 Å². The smallest absolute Gasteiger partial charge is 0.178 e. The van der Waals surface area contributed by atoms with Crippen molar-refractivity contribution in [1.29, 1.82) is 0 Å². The molecule has 0 atom stereocenters. The van der Waals surface area contributed by atoms with Gasteiger partial charge in [0.05, 0.1) is 0 Å². The number of aromatic nitrogens is 3. The summed E-state index contributed by atoms with van der Waals surface area (Å²) in [7, 11) is 0. The first-order valence-electron chi connectivity index (χ1n) is 5.60. The molecule has 0 radical (unpaired) electrons. The summed E-state index contributed by atoms with van der Waals surface area (Å²) in [6, 6.07) is 5.84. The molecule has 0 aliphatic heterocycles. The summed E-state index contributed by atoms with van der Waals surface area (Å²) in [5.41, 5.74) is 10.3. The van der Waals surface area contributed by atoms with Crippen LogP contribution in [-0.4, -0.2) is 15.0 Å². The largest absolute Gasteiger partial charge is 0.326 e. The van der Waals surface area contributed by atoms with Gasteiger partial charge in [0.2, 0.25) is 0 Å². The maximum absolute atomic E-state index is 5.67. The zero-order valence-electron chi connectivity index (χ0n) is 10.4. The van der Waals surface area contributed by atoms with Crippen molar-refractivity contribution in [2.24, 2.45) is 5.73 Å². The molecule has 0 saturated heterocycles. The molecule has 2 aromatic heterocycles. The Balaban J connectivity index is 2.54. The van der Waals surface area contributed by atoms with Gasteiger partial charge in [0, 0.05) is 29.2 Å². The molecule has 4 nitrogen and oxygen atoms in total. The summed E-state index contributed by atoms with van der Waals surface area (Å²) in [4.78, 5) is 13.3. The van der Waals surface area contributed by atoms with Crippen molar-refractivity contribution < 1.29 is 0 Å². The normalized spacial score (nSPS) is 10.6. The van der Waals surface area contributed by atoms with E-state index in [1.165, 1.54) is 0 Å². The Morgan fingerprint density at radius 3 is 2.18 bits per heavy atom. The summed E-state index contributed by atoms with van der Waals surface area (Å²) in [5.74, 6) is 0.668. The molecule has 17 heavy (non-hydrogen) atoms. The van der Waals surface area contributed by atoms with Gasteiger partial charge in [0.25, 0.3) is 0 Å². The van der Waals surface area contributed by atoms with Gasteiger partial charge in [-0.1, -0.05) is 6.07 Å². The number of nitrogens with zero attached hydrogens (tertiary/aromatic N) is 3. The zero-order chi connectivity index (χ0) is 12.4. The molecular formula is C13H16N4. The molecule has 88 valence electrons. The van der Waals surface area contributed by atoms with Crippen molar-refractivity contribution in [3.8, 4) is 11.5 Å². The van der Waals surface area contributed by atoms with Gasteiger partial charge in [-0.3, -0.25) is 0 Å². The predicted molar refractivity (Wildman–Crippen MR) is 67.4 cm³/mol. The van der Waals surface area contributed by atoms with Crippen LogP contribution in [0.4, 0.5) is 0 Å². The van der Waals surface area contributed by atoms with Crippen molar-refractivity contribution in [3.05, 3.63) is 40.8 Å². The van der Waals surface area contributed by atoms with Gasteiger partial charge < -0.3 is 5.73 Å². The van der Waals surface area contributed by atoms with Crippen LogP contribution in [0.5, 0.6) is 0 Å². The lowest BCUT2D eigenvalue weighted by molar-refractivity contribution is 0.933. The Hall–Kier alpha value is -1.81. The average Bonchev–Trinajstić information content (AvgIpc) is 2.28. The van der Waals surface area contributed by atoms with Gasteiger partial charge in [-0.05, 0) is 32.9 Å². The molecule has 2 N–H and O–H groups in total. The third-order valence-electron chi connectivity index (χ3n) is 2.74. The van der Waals surface area contributed by atoms with Gasteiger partial charge in [-0.15, -0.1) is 0 Å². The quantitative estimate of drug-likeness (QED) is 0.853. The standard InChI is InChI=1S/C13H16N4/c1-8-5-4-6-12(15-8)13-16-9(2)11(7-14)10(3)17-13/h4-6H,7,14H2,1-3H3. The second kappa shape index (κ2) is 4.59. The third kappa shape index (κ3) is 2.31.